The van der Waals surface area contributed by atoms with Gasteiger partial charge in [-0.15, -0.1) is 11.3 Å². The maximum Gasteiger partial charge on any atom is 0.0538 e. The Morgan fingerprint density at radius 3 is 2.65 bits per heavy atom. The fourth-order valence-electron chi connectivity index (χ4n) is 4.26. The minimum atomic E-state index is 0.304. The van der Waals surface area contributed by atoms with Gasteiger partial charge in [0.2, 0.25) is 0 Å². The first kappa shape index (κ1) is 11.7. The van der Waals surface area contributed by atoms with E-state index < -0.39 is 0 Å². The molecule has 3 rings (SSSR count). The highest BCUT2D eigenvalue weighted by Gasteiger charge is 2.44. The number of thiophene rings is 1. The van der Waals surface area contributed by atoms with Crippen LogP contribution in [0.5, 0.6) is 0 Å². The van der Waals surface area contributed by atoms with Crippen molar-refractivity contribution in [3.63, 3.8) is 0 Å². The normalized spacial score (nSPS) is 41.5. The zero-order valence-electron chi connectivity index (χ0n) is 11.1. The molecular weight excluding hydrogens is 226 g/mol. The van der Waals surface area contributed by atoms with Gasteiger partial charge < -0.3 is 5.32 Å². The van der Waals surface area contributed by atoms with Gasteiger partial charge in [0, 0.05) is 10.9 Å². The lowest BCUT2D eigenvalue weighted by atomic mass is 9.68. The minimum Gasteiger partial charge on any atom is -0.304 e. The van der Waals surface area contributed by atoms with Crippen LogP contribution in [0.15, 0.2) is 11.4 Å². The predicted molar refractivity (Wildman–Crippen MR) is 74.5 cm³/mol. The predicted octanol–water partition coefficient (Wildman–Crippen LogP) is 3.93. The van der Waals surface area contributed by atoms with Gasteiger partial charge in [0.25, 0.3) is 0 Å². The van der Waals surface area contributed by atoms with Crippen molar-refractivity contribution in [1.29, 1.82) is 0 Å². The zero-order chi connectivity index (χ0) is 12.0. The minimum absolute atomic E-state index is 0.304. The second-order valence-electron chi connectivity index (χ2n) is 6.46. The van der Waals surface area contributed by atoms with E-state index in [1.165, 1.54) is 25.7 Å². The number of nitrogens with one attached hydrogen (secondary N) is 1. The monoisotopic (exact) mass is 249 g/mol. The van der Waals surface area contributed by atoms with Crippen molar-refractivity contribution in [3.05, 3.63) is 21.9 Å². The lowest BCUT2D eigenvalue weighted by Crippen LogP contribution is -2.54. The van der Waals surface area contributed by atoms with Crippen LogP contribution in [0.25, 0.3) is 0 Å². The summed E-state index contributed by atoms with van der Waals surface area (Å²) < 4.78 is 0. The Hall–Kier alpha value is -0.340. The Labute approximate surface area is 109 Å². The second kappa shape index (κ2) is 4.10. The molecule has 1 aliphatic carbocycles. The van der Waals surface area contributed by atoms with Crippen molar-refractivity contribution in [1.82, 2.24) is 5.32 Å². The molecule has 1 fully saturated rings. The summed E-state index contributed by atoms with van der Waals surface area (Å²) in [6.07, 6.45) is 5.27. The van der Waals surface area contributed by atoms with Crippen LogP contribution in [-0.2, 0) is 12.0 Å². The first-order chi connectivity index (χ1) is 8.09. The molecule has 17 heavy (non-hydrogen) atoms. The average molecular weight is 249 g/mol. The number of fused-ring (bicyclic) bond motifs is 2. The lowest BCUT2D eigenvalue weighted by Gasteiger charge is -2.48. The molecule has 2 heterocycles. The summed E-state index contributed by atoms with van der Waals surface area (Å²) in [4.78, 5) is 1.65. The van der Waals surface area contributed by atoms with E-state index in [9.17, 15) is 0 Å². The highest BCUT2D eigenvalue weighted by molar-refractivity contribution is 7.10. The molecule has 0 aromatic carbocycles. The highest BCUT2D eigenvalue weighted by Crippen LogP contribution is 2.47. The van der Waals surface area contributed by atoms with Gasteiger partial charge in [-0.3, -0.25) is 0 Å². The Balaban J connectivity index is 2.02. The fraction of sp³-hybridized carbons (Fsp3) is 0.733. The van der Waals surface area contributed by atoms with Gasteiger partial charge in [-0.05, 0) is 61.5 Å². The van der Waals surface area contributed by atoms with Crippen molar-refractivity contribution in [2.75, 3.05) is 0 Å². The lowest BCUT2D eigenvalue weighted by molar-refractivity contribution is 0.125. The van der Waals surface area contributed by atoms with Crippen molar-refractivity contribution < 1.29 is 0 Å². The van der Waals surface area contributed by atoms with Crippen molar-refractivity contribution in [2.45, 2.75) is 58.0 Å². The number of hydrogen-bond acceptors (Lipinski definition) is 2. The molecule has 0 saturated heterocycles. The molecule has 0 bridgehead atoms. The molecule has 1 aromatic rings. The smallest absolute Gasteiger partial charge is 0.0538 e. The highest BCUT2D eigenvalue weighted by atomic mass is 32.1. The van der Waals surface area contributed by atoms with E-state index in [0.29, 0.717) is 11.6 Å². The molecule has 0 radical (unpaired) electrons. The summed E-state index contributed by atoms with van der Waals surface area (Å²) in [6.45, 7) is 7.18. The summed E-state index contributed by atoms with van der Waals surface area (Å²) in [5.41, 5.74) is 1.92. The Morgan fingerprint density at radius 2 is 1.94 bits per heavy atom. The summed E-state index contributed by atoms with van der Waals surface area (Å²) in [5, 5.41) is 6.23. The summed E-state index contributed by atoms with van der Waals surface area (Å²) in [7, 11) is 0. The van der Waals surface area contributed by atoms with Crippen molar-refractivity contribution in [3.8, 4) is 0 Å². The van der Waals surface area contributed by atoms with Crippen LogP contribution < -0.4 is 5.32 Å². The molecule has 1 saturated carbocycles. The van der Waals surface area contributed by atoms with Gasteiger partial charge in [0.1, 0.15) is 0 Å². The van der Waals surface area contributed by atoms with E-state index in [2.05, 4.69) is 37.5 Å². The first-order valence-corrected chi connectivity index (χ1v) is 7.81. The van der Waals surface area contributed by atoms with E-state index in [0.717, 1.165) is 11.8 Å². The van der Waals surface area contributed by atoms with Gasteiger partial charge in [0.15, 0.2) is 0 Å². The molecule has 1 aromatic heterocycles. The largest absolute Gasteiger partial charge is 0.304 e. The van der Waals surface area contributed by atoms with Gasteiger partial charge >= 0.3 is 0 Å². The SMILES string of the molecule is C[C@@H]1C[C@H](C)CC2(C1)N[C@H](C)Cc1ccsc12. The fourth-order valence-corrected chi connectivity index (χ4v) is 5.39. The third-order valence-corrected chi connectivity index (χ3v) is 5.59. The van der Waals surface area contributed by atoms with Crippen molar-refractivity contribution in [2.24, 2.45) is 11.8 Å². The molecule has 1 unspecified atom stereocenters. The van der Waals surface area contributed by atoms with Crippen LogP contribution in [0.1, 0.15) is 50.5 Å². The molecule has 2 heteroatoms. The summed E-state index contributed by atoms with van der Waals surface area (Å²) >= 11 is 1.97. The van der Waals surface area contributed by atoms with E-state index in [1.54, 1.807) is 10.4 Å². The topological polar surface area (TPSA) is 12.0 Å². The molecule has 1 nitrogen and oxygen atoms in total. The number of hydrogen-bond donors (Lipinski definition) is 1. The molecule has 0 amide bonds. The maximum atomic E-state index is 3.95. The van der Waals surface area contributed by atoms with Crippen LogP contribution in [0.2, 0.25) is 0 Å². The summed E-state index contributed by atoms with van der Waals surface area (Å²) in [5.74, 6) is 1.71. The molecular formula is C15H23NS. The van der Waals surface area contributed by atoms with Gasteiger partial charge in [-0.1, -0.05) is 13.8 Å². The second-order valence-corrected chi connectivity index (χ2v) is 7.38. The van der Waals surface area contributed by atoms with E-state index in [1.807, 2.05) is 11.3 Å². The standard InChI is InChI=1S/C15H23NS/c1-10-6-11(2)9-15(8-10)14-13(4-5-17-14)7-12(3)16-15/h4-5,10-12,16H,6-9H2,1-3H3/t10-,11+,12-,15?/m1/s1. The van der Waals surface area contributed by atoms with E-state index in [-0.39, 0.29) is 0 Å². The average Bonchev–Trinajstić information content (AvgIpc) is 2.63. The third-order valence-electron chi connectivity index (χ3n) is 4.43. The molecule has 2 aliphatic rings. The van der Waals surface area contributed by atoms with Crippen LogP contribution in [-0.4, -0.2) is 6.04 Å². The van der Waals surface area contributed by atoms with Gasteiger partial charge in [0.05, 0.1) is 5.54 Å². The van der Waals surface area contributed by atoms with Crippen molar-refractivity contribution >= 4 is 11.3 Å². The van der Waals surface area contributed by atoms with Gasteiger partial charge in [-0.25, -0.2) is 0 Å². The van der Waals surface area contributed by atoms with Crippen LogP contribution in [0, 0.1) is 11.8 Å². The molecule has 1 spiro atoms. The molecule has 4 atom stereocenters. The van der Waals surface area contributed by atoms with E-state index in [4.69, 9.17) is 0 Å². The molecule has 1 aliphatic heterocycles. The Bertz CT molecular complexity index is 399. The number of rotatable bonds is 0. The van der Waals surface area contributed by atoms with Crippen LogP contribution in [0.3, 0.4) is 0 Å². The third kappa shape index (κ3) is 1.96. The van der Waals surface area contributed by atoms with Crippen LogP contribution >= 0.6 is 11.3 Å². The maximum absolute atomic E-state index is 3.95. The molecule has 1 N–H and O–H groups in total. The Morgan fingerprint density at radius 1 is 1.24 bits per heavy atom. The zero-order valence-corrected chi connectivity index (χ0v) is 11.9. The first-order valence-electron chi connectivity index (χ1n) is 6.93. The van der Waals surface area contributed by atoms with Crippen LogP contribution in [0.4, 0.5) is 0 Å². The van der Waals surface area contributed by atoms with E-state index >= 15 is 0 Å². The quantitative estimate of drug-likeness (QED) is 0.734. The summed E-state index contributed by atoms with van der Waals surface area (Å²) in [6, 6.07) is 2.98. The molecule has 94 valence electrons. The Kier molecular flexibility index (Phi) is 2.83. The van der Waals surface area contributed by atoms with Gasteiger partial charge in [-0.2, -0.15) is 0 Å².